The van der Waals surface area contributed by atoms with E-state index in [1.54, 1.807) is 12.4 Å². The van der Waals surface area contributed by atoms with Crippen LogP contribution in [0.5, 0.6) is 0 Å². The summed E-state index contributed by atoms with van der Waals surface area (Å²) in [5, 5.41) is 8.31. The van der Waals surface area contributed by atoms with Gasteiger partial charge in [-0.15, -0.1) is 4.80 Å². The Hall–Kier alpha value is -2.28. The Morgan fingerprint density at radius 1 is 1.29 bits per heavy atom. The predicted molar refractivity (Wildman–Crippen MR) is 88.6 cm³/mol. The van der Waals surface area contributed by atoms with Crippen LogP contribution < -0.4 is 5.73 Å². The summed E-state index contributed by atoms with van der Waals surface area (Å²) in [6.45, 7) is 4.58. The maximum Gasteiger partial charge on any atom is 0.275 e. The van der Waals surface area contributed by atoms with Gasteiger partial charge in [0.15, 0.2) is 5.69 Å². The van der Waals surface area contributed by atoms with Crippen LogP contribution >= 0.6 is 0 Å². The van der Waals surface area contributed by atoms with Gasteiger partial charge in [-0.2, -0.15) is 10.2 Å². The minimum Gasteiger partial charge on any atom is -0.330 e. The lowest BCUT2D eigenvalue weighted by Gasteiger charge is -2.57. The van der Waals surface area contributed by atoms with Crippen LogP contribution in [0.2, 0.25) is 0 Å². The minimum atomic E-state index is -0.0588. The molecule has 0 radical (unpaired) electrons. The molecule has 3 fully saturated rings. The van der Waals surface area contributed by atoms with Crippen molar-refractivity contribution >= 4 is 5.91 Å². The van der Waals surface area contributed by atoms with Gasteiger partial charge in [0.1, 0.15) is 5.69 Å². The zero-order valence-electron chi connectivity index (χ0n) is 14.0. The van der Waals surface area contributed by atoms with Crippen molar-refractivity contribution < 1.29 is 4.79 Å². The molecule has 1 aliphatic carbocycles. The topological polar surface area (TPSA) is 89.9 Å². The normalized spacial score (nSPS) is 28.5. The number of piperidine rings is 2. The number of nitrogens with two attached hydrogens (primary N) is 1. The zero-order valence-corrected chi connectivity index (χ0v) is 14.0. The number of hydrogen-bond donors (Lipinski definition) is 1. The maximum absolute atomic E-state index is 13.4. The third-order valence-corrected chi connectivity index (χ3v) is 5.58. The fourth-order valence-electron chi connectivity index (χ4n) is 4.10. The van der Waals surface area contributed by atoms with Crippen LogP contribution in [0.25, 0.3) is 5.69 Å². The first-order valence-corrected chi connectivity index (χ1v) is 8.47. The molecule has 2 aliphatic heterocycles. The summed E-state index contributed by atoms with van der Waals surface area (Å²) in [4.78, 5) is 21.3. The molecular formula is C17H22N6O. The number of carbonyl (C=O) groups excluding carboxylic acids is 1. The SMILES string of the molecule is Cc1ccc(-n2nccn2)c(C(=O)N2C3CC(C3)[C@@H](C)[C@H]2CN)n1. The number of amides is 1. The maximum atomic E-state index is 13.4. The second-order valence-corrected chi connectivity index (χ2v) is 6.90. The number of fused-ring (bicyclic) bond motifs is 2. The number of aromatic nitrogens is 4. The van der Waals surface area contributed by atoms with Crippen molar-refractivity contribution in [1.82, 2.24) is 24.9 Å². The Kier molecular flexibility index (Phi) is 3.60. The molecule has 24 heavy (non-hydrogen) atoms. The van der Waals surface area contributed by atoms with Crippen LogP contribution in [0.1, 0.15) is 35.9 Å². The van der Waals surface area contributed by atoms with Crippen LogP contribution in [-0.2, 0) is 0 Å². The second kappa shape index (κ2) is 5.66. The Balaban J connectivity index is 1.75. The van der Waals surface area contributed by atoms with Crippen LogP contribution in [-0.4, -0.2) is 49.4 Å². The highest BCUT2D eigenvalue weighted by atomic mass is 16.2. The van der Waals surface area contributed by atoms with E-state index in [1.807, 2.05) is 24.0 Å². The lowest BCUT2D eigenvalue weighted by molar-refractivity contribution is -0.0517. The van der Waals surface area contributed by atoms with E-state index >= 15 is 0 Å². The van der Waals surface area contributed by atoms with Gasteiger partial charge in [0, 0.05) is 24.3 Å². The van der Waals surface area contributed by atoms with Gasteiger partial charge in [0.05, 0.1) is 12.4 Å². The molecule has 2 N–H and O–H groups in total. The fourth-order valence-corrected chi connectivity index (χ4v) is 4.10. The molecule has 1 amide bonds. The monoisotopic (exact) mass is 326 g/mol. The highest BCUT2D eigenvalue weighted by molar-refractivity contribution is 5.96. The van der Waals surface area contributed by atoms with Crippen molar-refractivity contribution in [2.75, 3.05) is 6.54 Å². The predicted octanol–water partition coefficient (Wildman–Crippen LogP) is 1.17. The van der Waals surface area contributed by atoms with E-state index in [2.05, 4.69) is 22.1 Å². The van der Waals surface area contributed by atoms with Crippen LogP contribution in [0.15, 0.2) is 24.5 Å². The van der Waals surface area contributed by atoms with Gasteiger partial charge in [-0.3, -0.25) is 4.79 Å². The molecule has 2 aromatic heterocycles. The van der Waals surface area contributed by atoms with E-state index in [4.69, 9.17) is 5.73 Å². The molecule has 5 rings (SSSR count). The number of nitrogens with zero attached hydrogens (tertiary/aromatic N) is 5. The lowest BCUT2D eigenvalue weighted by atomic mass is 9.64. The molecule has 2 bridgehead atoms. The summed E-state index contributed by atoms with van der Waals surface area (Å²) in [6, 6.07) is 4.08. The number of aryl methyl sites for hydroxylation is 1. The quantitative estimate of drug-likeness (QED) is 0.914. The molecule has 2 atom stereocenters. The Labute approximate surface area is 140 Å². The van der Waals surface area contributed by atoms with Gasteiger partial charge in [0.2, 0.25) is 0 Å². The van der Waals surface area contributed by atoms with Gasteiger partial charge in [-0.25, -0.2) is 4.98 Å². The van der Waals surface area contributed by atoms with Gasteiger partial charge >= 0.3 is 0 Å². The molecule has 126 valence electrons. The summed E-state index contributed by atoms with van der Waals surface area (Å²) in [5.74, 6) is 1.07. The van der Waals surface area contributed by atoms with Crippen LogP contribution in [0.3, 0.4) is 0 Å². The van der Waals surface area contributed by atoms with Crippen molar-refractivity contribution in [3.05, 3.63) is 35.9 Å². The number of hydrogen-bond acceptors (Lipinski definition) is 5. The molecule has 2 aromatic rings. The number of pyridine rings is 1. The van der Waals surface area contributed by atoms with E-state index in [-0.39, 0.29) is 18.0 Å². The molecule has 4 heterocycles. The Morgan fingerprint density at radius 2 is 2.00 bits per heavy atom. The van der Waals surface area contributed by atoms with Gasteiger partial charge in [-0.1, -0.05) is 6.92 Å². The van der Waals surface area contributed by atoms with Crippen molar-refractivity contribution in [2.24, 2.45) is 17.6 Å². The first-order valence-electron chi connectivity index (χ1n) is 8.47. The van der Waals surface area contributed by atoms with E-state index < -0.39 is 0 Å². The molecule has 2 saturated heterocycles. The highest BCUT2D eigenvalue weighted by Gasteiger charge is 2.50. The summed E-state index contributed by atoms with van der Waals surface area (Å²) in [7, 11) is 0. The smallest absolute Gasteiger partial charge is 0.275 e. The highest BCUT2D eigenvalue weighted by Crippen LogP contribution is 2.46. The van der Waals surface area contributed by atoms with Crippen molar-refractivity contribution in [1.29, 1.82) is 0 Å². The summed E-state index contributed by atoms with van der Waals surface area (Å²) >= 11 is 0. The van der Waals surface area contributed by atoms with Crippen molar-refractivity contribution in [3.8, 4) is 5.69 Å². The summed E-state index contributed by atoms with van der Waals surface area (Å²) < 4.78 is 0. The molecule has 3 aliphatic rings. The minimum absolute atomic E-state index is 0.0588. The summed E-state index contributed by atoms with van der Waals surface area (Å²) in [6.07, 6.45) is 5.34. The van der Waals surface area contributed by atoms with E-state index in [0.29, 0.717) is 29.8 Å². The number of rotatable bonds is 3. The van der Waals surface area contributed by atoms with Gasteiger partial charge in [-0.05, 0) is 43.7 Å². The molecule has 0 spiro atoms. The fraction of sp³-hybridized carbons (Fsp3) is 0.529. The van der Waals surface area contributed by atoms with Crippen molar-refractivity contribution in [2.45, 2.75) is 38.8 Å². The Bertz CT molecular complexity index is 752. The van der Waals surface area contributed by atoms with E-state index in [0.717, 1.165) is 18.5 Å². The molecule has 0 aromatic carbocycles. The third-order valence-electron chi connectivity index (χ3n) is 5.58. The molecule has 7 nitrogen and oxygen atoms in total. The molecular weight excluding hydrogens is 304 g/mol. The average molecular weight is 326 g/mol. The standard InChI is InChI=1S/C17H22N6O/c1-10-3-4-14(23-19-5-6-20-23)16(21-10)17(24)22-13-7-12(8-13)11(2)15(22)9-18/h3-6,11-13,15H,7-9,18H2,1-2H3/t11-,12?,13?,15-/m1/s1. The van der Waals surface area contributed by atoms with E-state index in [1.165, 1.54) is 4.80 Å². The summed E-state index contributed by atoms with van der Waals surface area (Å²) in [5.41, 5.74) is 7.82. The number of carbonyl (C=O) groups is 1. The van der Waals surface area contributed by atoms with Crippen LogP contribution in [0, 0.1) is 18.8 Å². The van der Waals surface area contributed by atoms with Crippen molar-refractivity contribution in [3.63, 3.8) is 0 Å². The first kappa shape index (κ1) is 15.3. The largest absolute Gasteiger partial charge is 0.330 e. The third kappa shape index (κ3) is 2.23. The van der Waals surface area contributed by atoms with Gasteiger partial charge < -0.3 is 10.6 Å². The average Bonchev–Trinajstić information content (AvgIpc) is 3.06. The Morgan fingerprint density at radius 3 is 2.67 bits per heavy atom. The molecule has 0 unspecified atom stereocenters. The molecule has 1 saturated carbocycles. The lowest BCUT2D eigenvalue weighted by Crippen LogP contribution is -2.65. The molecule has 7 heteroatoms. The first-order chi connectivity index (χ1) is 11.6. The van der Waals surface area contributed by atoms with Crippen LogP contribution in [0.4, 0.5) is 0 Å². The van der Waals surface area contributed by atoms with Gasteiger partial charge in [0.25, 0.3) is 5.91 Å². The second-order valence-electron chi connectivity index (χ2n) is 6.90. The van der Waals surface area contributed by atoms with E-state index in [9.17, 15) is 4.79 Å². The zero-order chi connectivity index (χ0) is 16.8.